The summed E-state index contributed by atoms with van der Waals surface area (Å²) < 4.78 is 32.1. The molecule has 42 heavy (non-hydrogen) atoms. The first-order valence-electron chi connectivity index (χ1n) is 13.8. The molecule has 3 N–H and O–H groups in total. The molecule has 0 saturated carbocycles. The van der Waals surface area contributed by atoms with Gasteiger partial charge in [0.25, 0.3) is 5.91 Å². The highest BCUT2D eigenvalue weighted by atomic mass is 35.5. The van der Waals surface area contributed by atoms with Crippen molar-refractivity contribution in [1.29, 1.82) is 0 Å². The second kappa shape index (κ2) is 13.1. The van der Waals surface area contributed by atoms with Gasteiger partial charge in [0.2, 0.25) is 5.95 Å². The summed E-state index contributed by atoms with van der Waals surface area (Å²) in [4.78, 5) is 33.9. The van der Waals surface area contributed by atoms with Gasteiger partial charge in [0.15, 0.2) is 15.7 Å². The number of allylic oxidation sites excluding steroid dienone is 4. The van der Waals surface area contributed by atoms with Gasteiger partial charge in [0, 0.05) is 25.5 Å². The number of carbonyl (C=O) groups excluding carboxylic acids is 2. The van der Waals surface area contributed by atoms with Crippen LogP contribution in [-0.2, 0) is 14.6 Å². The third-order valence-corrected chi connectivity index (χ3v) is 9.51. The van der Waals surface area contributed by atoms with E-state index >= 15 is 0 Å². The maximum absolute atomic E-state index is 13.0. The Morgan fingerprint density at radius 1 is 1.17 bits per heavy atom. The van der Waals surface area contributed by atoms with Gasteiger partial charge in [-0.1, -0.05) is 29.8 Å². The Morgan fingerprint density at radius 2 is 1.93 bits per heavy atom. The summed E-state index contributed by atoms with van der Waals surface area (Å²) in [6.07, 6.45) is 10.0. The first-order valence-corrected chi connectivity index (χ1v) is 15.8. The third-order valence-electron chi connectivity index (χ3n) is 6.91. The van der Waals surface area contributed by atoms with Crippen molar-refractivity contribution >= 4 is 56.2 Å². The number of ether oxygens (including phenoxy) is 1. The van der Waals surface area contributed by atoms with Crippen LogP contribution in [-0.4, -0.2) is 54.5 Å². The summed E-state index contributed by atoms with van der Waals surface area (Å²) >= 11 is 6.44. The molecule has 1 atom stereocenters. The van der Waals surface area contributed by atoms with Crippen LogP contribution < -0.4 is 20.7 Å². The average molecular weight is 614 g/mol. The van der Waals surface area contributed by atoms with Gasteiger partial charge in [-0.2, -0.15) is 4.98 Å². The number of rotatable bonds is 10. The summed E-state index contributed by atoms with van der Waals surface area (Å²) in [6.45, 7) is 7.07. The fourth-order valence-corrected chi connectivity index (χ4v) is 6.21. The van der Waals surface area contributed by atoms with Crippen molar-refractivity contribution in [2.24, 2.45) is 0 Å². The Morgan fingerprint density at radius 3 is 2.57 bits per heavy atom. The van der Waals surface area contributed by atoms with E-state index in [1.54, 1.807) is 45.2 Å². The number of anilines is 3. The van der Waals surface area contributed by atoms with Crippen LogP contribution in [0.1, 0.15) is 69.3 Å². The zero-order chi connectivity index (χ0) is 30.6. The fourth-order valence-electron chi connectivity index (χ4n) is 4.70. The zero-order valence-electron chi connectivity index (χ0n) is 24.3. The van der Waals surface area contributed by atoms with E-state index in [1.807, 2.05) is 26.0 Å². The molecule has 1 aromatic heterocycles. The molecule has 2 aliphatic rings. The molecule has 1 aromatic carbocycles. The number of aromatic nitrogens is 2. The molecular weight excluding hydrogens is 578 g/mol. The van der Waals surface area contributed by atoms with Crippen LogP contribution in [0.3, 0.4) is 0 Å². The summed E-state index contributed by atoms with van der Waals surface area (Å²) in [5, 5.41) is 8.65. The summed E-state index contributed by atoms with van der Waals surface area (Å²) in [7, 11) is -1.97. The molecule has 0 aliphatic heterocycles. The highest BCUT2D eigenvalue weighted by Gasteiger charge is 2.30. The van der Waals surface area contributed by atoms with Crippen LogP contribution in [0.5, 0.6) is 5.75 Å². The van der Waals surface area contributed by atoms with Crippen LogP contribution in [0.4, 0.5) is 17.5 Å². The van der Waals surface area contributed by atoms with E-state index in [0.717, 1.165) is 5.57 Å². The molecule has 0 spiro atoms. The number of hydrogen-bond donors (Lipinski definition) is 3. The first kappa shape index (κ1) is 31.2. The molecule has 0 fully saturated rings. The molecule has 224 valence electrons. The summed E-state index contributed by atoms with van der Waals surface area (Å²) in [5.74, 6) is 0.764. The molecule has 0 saturated heterocycles. The number of halogens is 1. The minimum absolute atomic E-state index is 0.162. The highest BCUT2D eigenvalue weighted by molar-refractivity contribution is 7.95. The smallest absolute Gasteiger partial charge is 0.251 e. The van der Waals surface area contributed by atoms with Gasteiger partial charge < -0.3 is 20.7 Å². The van der Waals surface area contributed by atoms with E-state index in [4.69, 9.17) is 16.3 Å². The Balaban J connectivity index is 1.71. The Hall–Kier alpha value is -3.70. The van der Waals surface area contributed by atoms with E-state index in [2.05, 4.69) is 25.9 Å². The van der Waals surface area contributed by atoms with Gasteiger partial charge in [-0.15, -0.1) is 0 Å². The lowest BCUT2D eigenvalue weighted by Crippen LogP contribution is -2.31. The molecule has 1 unspecified atom stereocenters. The maximum Gasteiger partial charge on any atom is 0.251 e. The monoisotopic (exact) mass is 613 g/mol. The first-order chi connectivity index (χ1) is 19.9. The van der Waals surface area contributed by atoms with Gasteiger partial charge in [-0.25, -0.2) is 13.4 Å². The number of ketones is 1. The third kappa shape index (κ3) is 7.01. The number of benzene rings is 1. The van der Waals surface area contributed by atoms with E-state index in [9.17, 15) is 18.0 Å². The molecule has 10 nitrogen and oxygen atoms in total. The minimum atomic E-state index is -3.52. The van der Waals surface area contributed by atoms with Crippen LogP contribution in [0.15, 0.2) is 47.5 Å². The molecule has 2 aromatic rings. The number of Topliss-reactive ketones (excluding diaryl/α,β-unsaturated/α-hetero) is 1. The number of nitrogens with one attached hydrogen (secondary N) is 3. The zero-order valence-corrected chi connectivity index (χ0v) is 25.9. The molecule has 0 bridgehead atoms. The summed E-state index contributed by atoms with van der Waals surface area (Å²) in [5.41, 5.74) is 2.46. The predicted octanol–water partition coefficient (Wildman–Crippen LogP) is 5.60. The Kier molecular flexibility index (Phi) is 9.73. The lowest BCUT2D eigenvalue weighted by atomic mass is 9.89. The highest BCUT2D eigenvalue weighted by Crippen LogP contribution is 2.37. The van der Waals surface area contributed by atoms with Crippen molar-refractivity contribution in [3.05, 3.63) is 63.7 Å². The lowest BCUT2D eigenvalue weighted by Gasteiger charge is -2.25. The number of carbonyl (C=O) groups is 2. The predicted molar refractivity (Wildman–Crippen MR) is 166 cm³/mol. The van der Waals surface area contributed by atoms with E-state index in [-0.39, 0.29) is 39.5 Å². The van der Waals surface area contributed by atoms with Crippen molar-refractivity contribution in [3.8, 4) is 5.75 Å². The van der Waals surface area contributed by atoms with Gasteiger partial charge in [-0.3, -0.25) is 9.59 Å². The second-order valence-electron chi connectivity index (χ2n) is 10.7. The number of amides is 1. The molecule has 12 heteroatoms. The van der Waals surface area contributed by atoms with Crippen molar-refractivity contribution < 1.29 is 22.7 Å². The van der Waals surface area contributed by atoms with E-state index < -0.39 is 21.1 Å². The van der Waals surface area contributed by atoms with Gasteiger partial charge in [-0.05, 0) is 69.9 Å². The van der Waals surface area contributed by atoms with Crippen molar-refractivity contribution in [2.75, 3.05) is 17.7 Å². The number of sulfone groups is 1. The number of nitrogens with zero attached hydrogens (tertiary/aromatic N) is 2. The summed E-state index contributed by atoms with van der Waals surface area (Å²) in [6, 6.07) is 2.92. The molecule has 0 radical (unpaired) electrons. The largest absolute Gasteiger partial charge is 0.489 e. The SMILES string of the molecule is CNC(=O)c1cc(Nc2ncc(Cl)c(NC3CC=CC=C3S(=O)(=O)C(C)C)n2)c(OC(C)C)cc1C1=CCC(=O)CC1. The van der Waals surface area contributed by atoms with Crippen LogP contribution in [0.25, 0.3) is 5.57 Å². The standard InChI is InChI=1S/C30H36ClN5O5S/c1-17(2)41-26-15-21(19-10-12-20(37)13-11-19)22(29(38)32-5)14-25(26)35-30-33-16-23(31)28(36-30)34-24-8-6-7-9-27(24)42(39,40)18(3)4/h6-7,9-10,14-18,24H,8,11-13H2,1-5H3,(H,32,38)(H2,33,34,35,36). The van der Waals surface area contributed by atoms with Gasteiger partial charge in [0.05, 0.1) is 34.2 Å². The quantitative estimate of drug-likeness (QED) is 0.312. The topological polar surface area (TPSA) is 139 Å². The van der Waals surface area contributed by atoms with Gasteiger partial charge in [0.1, 0.15) is 16.6 Å². The maximum atomic E-state index is 13.0. The number of hydrogen-bond acceptors (Lipinski definition) is 9. The second-order valence-corrected chi connectivity index (χ2v) is 13.6. The van der Waals surface area contributed by atoms with Crippen molar-refractivity contribution in [1.82, 2.24) is 15.3 Å². The molecular formula is C30H36ClN5O5S. The van der Waals surface area contributed by atoms with Gasteiger partial charge >= 0.3 is 0 Å². The minimum Gasteiger partial charge on any atom is -0.489 e. The molecule has 2 aliphatic carbocycles. The van der Waals surface area contributed by atoms with E-state index in [0.29, 0.717) is 48.2 Å². The van der Waals surface area contributed by atoms with Crippen LogP contribution in [0, 0.1) is 0 Å². The van der Waals surface area contributed by atoms with E-state index in [1.165, 1.54) is 6.20 Å². The van der Waals surface area contributed by atoms with Crippen LogP contribution in [0.2, 0.25) is 5.02 Å². The molecule has 4 rings (SSSR count). The normalized spacial score (nSPS) is 17.1. The van der Waals surface area contributed by atoms with Crippen molar-refractivity contribution in [3.63, 3.8) is 0 Å². The molecule has 1 heterocycles. The fraction of sp³-hybridized carbons (Fsp3) is 0.400. The Bertz CT molecular complexity index is 1580. The average Bonchev–Trinajstić information content (AvgIpc) is 2.95. The molecule has 1 amide bonds. The van der Waals surface area contributed by atoms with Crippen molar-refractivity contribution in [2.45, 2.75) is 70.8 Å². The Labute approximate surface area is 251 Å². The lowest BCUT2D eigenvalue weighted by molar-refractivity contribution is -0.118. The van der Waals surface area contributed by atoms with Crippen LogP contribution >= 0.6 is 11.6 Å².